The van der Waals surface area contributed by atoms with Gasteiger partial charge in [-0.15, -0.1) is 0 Å². The molecule has 5 nitrogen and oxygen atoms in total. The van der Waals surface area contributed by atoms with Gasteiger partial charge in [-0.2, -0.15) is 39.5 Å². The van der Waals surface area contributed by atoms with Crippen LogP contribution in [0.15, 0.2) is 18.2 Å². The first kappa shape index (κ1) is 30.5. The van der Waals surface area contributed by atoms with Crippen molar-refractivity contribution in [1.82, 2.24) is 10.6 Å². The molecule has 1 aromatic rings. The number of benzene rings is 1. The van der Waals surface area contributed by atoms with Crippen LogP contribution in [-0.4, -0.2) is 36.2 Å². The van der Waals surface area contributed by atoms with Crippen molar-refractivity contribution in [3.8, 4) is 0 Å². The first-order chi connectivity index (χ1) is 15.8. The summed E-state index contributed by atoms with van der Waals surface area (Å²) >= 11 is 0. The van der Waals surface area contributed by atoms with E-state index in [0.29, 0.717) is 44.5 Å². The number of hydrogen-bond acceptors (Lipinski definition) is 3. The molecule has 0 bridgehead atoms. The van der Waals surface area contributed by atoms with Gasteiger partial charge >= 0.3 is 24.5 Å². The number of carboxylic acids is 1. The summed E-state index contributed by atoms with van der Waals surface area (Å²) in [6.07, 6.45) is -13.1. The van der Waals surface area contributed by atoms with Gasteiger partial charge in [0.25, 0.3) is 0 Å². The van der Waals surface area contributed by atoms with Crippen LogP contribution >= 0.6 is 0 Å². The number of amides is 1. The Morgan fingerprint density at radius 3 is 1.71 bits per heavy atom. The van der Waals surface area contributed by atoms with E-state index in [1.54, 1.807) is 0 Å². The molecule has 0 aromatic heterocycles. The van der Waals surface area contributed by atoms with Crippen molar-refractivity contribution >= 4 is 11.9 Å². The van der Waals surface area contributed by atoms with E-state index < -0.39 is 41.0 Å². The van der Waals surface area contributed by atoms with E-state index in [1.165, 1.54) is 0 Å². The molecule has 0 unspecified atom stereocenters. The third-order valence-electron chi connectivity index (χ3n) is 5.18. The lowest BCUT2D eigenvalue weighted by molar-refractivity contribution is -0.192. The van der Waals surface area contributed by atoms with E-state index in [-0.39, 0.29) is 30.0 Å². The zero-order valence-electron chi connectivity index (χ0n) is 18.7. The predicted molar refractivity (Wildman–Crippen MR) is 106 cm³/mol. The van der Waals surface area contributed by atoms with Crippen LogP contribution in [-0.2, 0) is 28.5 Å². The van der Waals surface area contributed by atoms with Gasteiger partial charge in [-0.3, -0.25) is 4.79 Å². The Morgan fingerprint density at radius 1 is 0.943 bits per heavy atom. The summed E-state index contributed by atoms with van der Waals surface area (Å²) in [5.41, 5.74) is -3.66. The molecule has 0 atom stereocenters. The Hall–Kier alpha value is -2.51. The number of hydrogen-bond donors (Lipinski definition) is 3. The number of rotatable bonds is 5. The number of carbonyl (C=O) groups is 2. The van der Waals surface area contributed by atoms with Crippen molar-refractivity contribution in [1.29, 1.82) is 0 Å². The van der Waals surface area contributed by atoms with Crippen LogP contribution in [0.1, 0.15) is 49.8 Å². The molecular formula is C21H25F9N2O3. The van der Waals surface area contributed by atoms with Gasteiger partial charge in [0, 0.05) is 6.54 Å². The molecule has 1 saturated heterocycles. The van der Waals surface area contributed by atoms with Crippen LogP contribution in [0.5, 0.6) is 0 Å². The SMILES string of the molecule is CC(C)CC1(C(=O)NCc2cc(C(F)(F)F)cc(C(F)(F)F)c2)CCNCC1.O=C(O)C(F)(F)F. The highest BCUT2D eigenvalue weighted by atomic mass is 19.4. The van der Waals surface area contributed by atoms with Crippen molar-refractivity contribution in [3.63, 3.8) is 0 Å². The van der Waals surface area contributed by atoms with E-state index in [1.807, 2.05) is 13.8 Å². The Morgan fingerprint density at radius 2 is 1.37 bits per heavy atom. The Balaban J connectivity index is 0.000000762. The van der Waals surface area contributed by atoms with Crippen LogP contribution in [0.25, 0.3) is 0 Å². The lowest BCUT2D eigenvalue weighted by Gasteiger charge is -2.37. The normalized spacial score (nSPS) is 16.3. The zero-order chi connectivity index (χ0) is 27.2. The number of aliphatic carboxylic acids is 1. The van der Waals surface area contributed by atoms with Crippen molar-refractivity contribution in [3.05, 3.63) is 34.9 Å². The van der Waals surface area contributed by atoms with E-state index in [2.05, 4.69) is 10.6 Å². The number of nitrogens with one attached hydrogen (secondary N) is 2. The Bertz CT molecular complexity index is 840. The molecule has 1 aliphatic heterocycles. The average Bonchev–Trinajstić information content (AvgIpc) is 2.70. The van der Waals surface area contributed by atoms with Crippen LogP contribution < -0.4 is 10.6 Å². The monoisotopic (exact) mass is 524 g/mol. The van der Waals surface area contributed by atoms with Crippen LogP contribution in [0.4, 0.5) is 39.5 Å². The minimum absolute atomic E-state index is 0.0817. The summed E-state index contributed by atoms with van der Waals surface area (Å²) in [5, 5.41) is 12.9. The number of carboxylic acid groups (broad SMARTS) is 1. The third-order valence-corrected chi connectivity index (χ3v) is 5.18. The third kappa shape index (κ3) is 9.57. The molecule has 0 spiro atoms. The molecule has 1 amide bonds. The molecule has 0 saturated carbocycles. The van der Waals surface area contributed by atoms with Gasteiger partial charge in [-0.1, -0.05) is 13.8 Å². The van der Waals surface area contributed by atoms with Gasteiger partial charge in [-0.25, -0.2) is 4.79 Å². The fourth-order valence-electron chi connectivity index (χ4n) is 3.70. The molecule has 1 aromatic carbocycles. The first-order valence-electron chi connectivity index (χ1n) is 10.4. The second kappa shape index (κ2) is 11.5. The fourth-order valence-corrected chi connectivity index (χ4v) is 3.70. The summed E-state index contributed by atoms with van der Waals surface area (Å²) in [6, 6.07) is 1.37. The summed E-state index contributed by atoms with van der Waals surface area (Å²) in [4.78, 5) is 21.7. The van der Waals surface area contributed by atoms with E-state index in [0.717, 1.165) is 0 Å². The molecule has 3 N–H and O–H groups in total. The topological polar surface area (TPSA) is 78.4 Å². The standard InChI is InChI=1S/C19H24F6N2O.C2HF3O2/c1-12(2)10-17(3-5-26-6-4-17)16(28)27-11-13-7-14(18(20,21)22)9-15(8-13)19(23,24)25;3-2(4,5)1(6)7/h7-9,12,26H,3-6,10-11H2,1-2H3,(H,27,28);(H,6,7). The van der Waals surface area contributed by atoms with Crippen LogP contribution in [0, 0.1) is 11.3 Å². The van der Waals surface area contributed by atoms with Crippen LogP contribution in [0.2, 0.25) is 0 Å². The first-order valence-corrected chi connectivity index (χ1v) is 10.4. The second-order valence-corrected chi connectivity index (χ2v) is 8.53. The molecular weight excluding hydrogens is 499 g/mol. The molecule has 1 heterocycles. The minimum atomic E-state index is -5.08. The number of alkyl halides is 9. The Kier molecular flexibility index (Phi) is 10.0. The van der Waals surface area contributed by atoms with E-state index >= 15 is 0 Å². The van der Waals surface area contributed by atoms with Gasteiger partial charge in [-0.05, 0) is 62.0 Å². The van der Waals surface area contributed by atoms with Gasteiger partial charge < -0.3 is 15.7 Å². The quantitative estimate of drug-likeness (QED) is 0.452. The maximum absolute atomic E-state index is 13.0. The maximum atomic E-state index is 13.0. The largest absolute Gasteiger partial charge is 0.490 e. The lowest BCUT2D eigenvalue weighted by atomic mass is 9.72. The molecule has 1 aliphatic rings. The molecule has 1 fully saturated rings. The van der Waals surface area contributed by atoms with Gasteiger partial charge in [0.05, 0.1) is 16.5 Å². The average molecular weight is 524 g/mol. The smallest absolute Gasteiger partial charge is 0.475 e. The fraction of sp³-hybridized carbons (Fsp3) is 0.619. The second-order valence-electron chi connectivity index (χ2n) is 8.53. The van der Waals surface area contributed by atoms with Gasteiger partial charge in [0.1, 0.15) is 0 Å². The highest BCUT2D eigenvalue weighted by Crippen LogP contribution is 2.38. The van der Waals surface area contributed by atoms with Gasteiger partial charge in [0.2, 0.25) is 5.91 Å². The summed E-state index contributed by atoms with van der Waals surface area (Å²) in [6.45, 7) is 4.84. The number of halogens is 9. The summed E-state index contributed by atoms with van der Waals surface area (Å²) < 4.78 is 110. The highest BCUT2D eigenvalue weighted by Gasteiger charge is 2.41. The lowest BCUT2D eigenvalue weighted by Crippen LogP contribution is -2.48. The van der Waals surface area contributed by atoms with Crippen molar-refractivity contribution in [2.24, 2.45) is 11.3 Å². The number of piperidine rings is 1. The van der Waals surface area contributed by atoms with E-state index in [4.69, 9.17) is 9.90 Å². The molecule has 35 heavy (non-hydrogen) atoms. The van der Waals surface area contributed by atoms with Crippen molar-refractivity contribution < 1.29 is 54.2 Å². The van der Waals surface area contributed by atoms with Crippen molar-refractivity contribution in [2.75, 3.05) is 13.1 Å². The maximum Gasteiger partial charge on any atom is 0.490 e. The minimum Gasteiger partial charge on any atom is -0.475 e. The predicted octanol–water partition coefficient (Wildman–Crippen LogP) is 5.39. The van der Waals surface area contributed by atoms with E-state index in [9.17, 15) is 44.3 Å². The molecule has 0 radical (unpaired) electrons. The van der Waals surface area contributed by atoms with Crippen molar-refractivity contribution in [2.45, 2.75) is 58.2 Å². The zero-order valence-corrected chi connectivity index (χ0v) is 18.7. The highest BCUT2D eigenvalue weighted by molar-refractivity contribution is 5.82. The summed E-state index contributed by atoms with van der Waals surface area (Å²) in [7, 11) is 0. The number of carbonyl (C=O) groups excluding carboxylic acids is 1. The van der Waals surface area contributed by atoms with Crippen LogP contribution in [0.3, 0.4) is 0 Å². The Labute approximate surface area is 195 Å². The molecule has 200 valence electrons. The summed E-state index contributed by atoms with van der Waals surface area (Å²) in [5.74, 6) is -2.85. The molecule has 2 rings (SSSR count). The molecule has 0 aliphatic carbocycles. The van der Waals surface area contributed by atoms with Gasteiger partial charge in [0.15, 0.2) is 0 Å². The molecule has 14 heteroatoms.